The second-order valence-corrected chi connectivity index (χ2v) is 21.2. The number of benzene rings is 2. The summed E-state index contributed by atoms with van der Waals surface area (Å²) in [5, 5.41) is 7.02. The van der Waals surface area contributed by atoms with Crippen molar-refractivity contribution >= 4 is 37.1 Å². The molecule has 9 nitrogen and oxygen atoms in total. The van der Waals surface area contributed by atoms with E-state index in [0.29, 0.717) is 6.42 Å². The van der Waals surface area contributed by atoms with Gasteiger partial charge in [-0.1, -0.05) is 125 Å². The maximum absolute atomic E-state index is 13.9. The smallest absolute Gasteiger partial charge is 0.408 e. The number of rotatable bonds is 19. The highest BCUT2D eigenvalue weighted by atomic mass is 28.3. The lowest BCUT2D eigenvalue weighted by atomic mass is 9.98. The summed E-state index contributed by atoms with van der Waals surface area (Å²) in [6.45, 7) is 19.6. The summed E-state index contributed by atoms with van der Waals surface area (Å²) in [6.07, 6.45) is 3.38. The van der Waals surface area contributed by atoms with Gasteiger partial charge in [-0.05, 0) is 69.9 Å². The summed E-state index contributed by atoms with van der Waals surface area (Å²) < 4.78 is 10.5. The lowest BCUT2D eigenvalue weighted by molar-refractivity contribution is -0.147. The summed E-state index contributed by atoms with van der Waals surface area (Å²) in [6, 6.07) is 18.3. The number of nitrogens with one attached hydrogen (secondary N) is 2. The van der Waals surface area contributed by atoms with Crippen molar-refractivity contribution in [2.24, 2.45) is 11.8 Å². The van der Waals surface area contributed by atoms with Gasteiger partial charge in [-0.25, -0.2) is 9.59 Å². The predicted molar refractivity (Wildman–Crippen MR) is 213 cm³/mol. The van der Waals surface area contributed by atoms with E-state index in [1.54, 1.807) is 27.8 Å². The monoisotopic (exact) mass is 737 g/mol. The van der Waals surface area contributed by atoms with E-state index in [2.05, 4.69) is 79.9 Å². The summed E-state index contributed by atoms with van der Waals surface area (Å²) in [7, 11) is 1.16. The molecule has 2 aromatic rings. The number of aryl methyl sites for hydroxylation is 2. The molecule has 0 aliphatic carbocycles. The van der Waals surface area contributed by atoms with Crippen LogP contribution in [0.15, 0.2) is 48.5 Å². The molecule has 0 fully saturated rings. The number of methoxy groups -OCH3 is 1. The number of ether oxygens (including phenoxy) is 2. The third kappa shape index (κ3) is 13.7. The molecule has 0 unspecified atom stereocenters. The van der Waals surface area contributed by atoms with Gasteiger partial charge in [0, 0.05) is 13.5 Å². The average Bonchev–Trinajstić information content (AvgIpc) is 3.08. The van der Waals surface area contributed by atoms with E-state index in [4.69, 9.17) is 9.47 Å². The Labute approximate surface area is 315 Å². The minimum Gasteiger partial charge on any atom is -0.467 e. The van der Waals surface area contributed by atoms with Crippen LogP contribution in [0.3, 0.4) is 0 Å². The SMILES string of the molecule is CC[Si](CC)(CCCCc1ccc(C)cc1)c1ccc(C[C@H](NC(=O)[C@H](CC(C)C)N(C)C(=O)[C@@H](NC(=O)OC(C)(C)C)C(C)C)C(=O)OC)cc1. The largest absolute Gasteiger partial charge is 0.467 e. The molecule has 0 radical (unpaired) electrons. The number of likely N-dealkylation sites (N-methyl/N-ethyl adjacent to an activating group) is 1. The zero-order valence-electron chi connectivity index (χ0n) is 34.1. The van der Waals surface area contributed by atoms with Crippen molar-refractivity contribution in [1.29, 1.82) is 0 Å². The van der Waals surface area contributed by atoms with Gasteiger partial charge in [0.05, 0.1) is 15.2 Å². The van der Waals surface area contributed by atoms with Crippen molar-refractivity contribution in [1.82, 2.24) is 15.5 Å². The Kier molecular flexibility index (Phi) is 17.6. The maximum atomic E-state index is 13.9. The van der Waals surface area contributed by atoms with Gasteiger partial charge in [0.15, 0.2) is 0 Å². The molecule has 0 aliphatic heterocycles. The number of hydrogen-bond donors (Lipinski definition) is 2. The lowest BCUT2D eigenvalue weighted by Gasteiger charge is -2.34. The Morgan fingerprint density at radius 2 is 1.42 bits per heavy atom. The number of carbonyl (C=O) groups excluding carboxylic acids is 4. The third-order valence-corrected chi connectivity index (χ3v) is 15.6. The Hall–Kier alpha value is -3.66. The molecule has 2 aromatic carbocycles. The number of nitrogens with zero attached hydrogens (tertiary/aromatic N) is 1. The Morgan fingerprint density at radius 1 is 0.846 bits per heavy atom. The molecule has 2 N–H and O–H groups in total. The molecule has 0 spiro atoms. The van der Waals surface area contributed by atoms with Crippen molar-refractivity contribution < 1.29 is 28.7 Å². The fourth-order valence-corrected chi connectivity index (χ4v) is 10.9. The highest BCUT2D eigenvalue weighted by Gasteiger charge is 2.37. The van der Waals surface area contributed by atoms with E-state index in [-0.39, 0.29) is 18.3 Å². The van der Waals surface area contributed by atoms with Crippen LogP contribution in [0.2, 0.25) is 18.1 Å². The zero-order chi connectivity index (χ0) is 39.2. The van der Waals surface area contributed by atoms with Gasteiger partial charge in [-0.15, -0.1) is 0 Å². The summed E-state index contributed by atoms with van der Waals surface area (Å²) in [4.78, 5) is 54.7. The summed E-state index contributed by atoms with van der Waals surface area (Å²) >= 11 is 0. The molecule has 0 aromatic heterocycles. The maximum Gasteiger partial charge on any atom is 0.408 e. The topological polar surface area (TPSA) is 114 Å². The molecule has 2 rings (SSSR count). The fourth-order valence-electron chi connectivity index (χ4n) is 6.75. The standard InChI is InChI=1S/C42H67N3O6Si/c1-13-52(14-2,26-16-15-17-32-20-18-31(7)19-21-32)34-24-22-33(23-25-34)28-35(40(48)50-12)43-38(46)36(27-29(3)4)45(11)39(47)37(30(5)6)44-41(49)51-42(8,9)10/h18-25,29-30,35-37H,13-17,26-28H2,1-12H3,(H,43,46)(H,44,49)/t35-,36-,37-/m0/s1. The van der Waals surface area contributed by atoms with Crippen molar-refractivity contribution in [3.05, 3.63) is 65.2 Å². The number of esters is 1. The molecule has 0 aliphatic rings. The predicted octanol–water partition coefficient (Wildman–Crippen LogP) is 7.34. The molecule has 3 atom stereocenters. The number of alkyl carbamates (subject to hydrolysis) is 1. The number of carbonyl (C=O) groups is 4. The van der Waals surface area contributed by atoms with Crippen LogP contribution in [0.25, 0.3) is 0 Å². The van der Waals surface area contributed by atoms with Crippen molar-refractivity contribution in [2.75, 3.05) is 14.2 Å². The molecule has 290 valence electrons. The van der Waals surface area contributed by atoms with Gasteiger partial charge in [0.25, 0.3) is 0 Å². The first-order chi connectivity index (χ1) is 24.4. The van der Waals surface area contributed by atoms with Crippen molar-refractivity contribution in [3.8, 4) is 0 Å². The van der Waals surface area contributed by atoms with E-state index in [0.717, 1.165) is 12.0 Å². The summed E-state index contributed by atoms with van der Waals surface area (Å²) in [5.41, 5.74) is 2.87. The van der Waals surface area contributed by atoms with Gasteiger partial charge in [-0.3, -0.25) is 9.59 Å². The summed E-state index contributed by atoms with van der Waals surface area (Å²) in [5.74, 6) is -1.62. The Morgan fingerprint density at radius 3 is 1.92 bits per heavy atom. The van der Waals surface area contributed by atoms with Crippen LogP contribution in [0, 0.1) is 18.8 Å². The second-order valence-electron chi connectivity index (χ2n) is 16.1. The second kappa shape index (κ2) is 20.5. The van der Waals surface area contributed by atoms with E-state index >= 15 is 0 Å². The first kappa shape index (κ1) is 44.5. The zero-order valence-corrected chi connectivity index (χ0v) is 35.1. The van der Waals surface area contributed by atoms with E-state index in [9.17, 15) is 19.2 Å². The van der Waals surface area contributed by atoms with E-state index in [1.807, 2.05) is 27.7 Å². The molecular formula is C42H67N3O6Si. The van der Waals surface area contributed by atoms with Crippen LogP contribution in [0.4, 0.5) is 4.79 Å². The molecular weight excluding hydrogens is 671 g/mol. The van der Waals surface area contributed by atoms with Crippen molar-refractivity contribution in [2.45, 2.75) is 143 Å². The van der Waals surface area contributed by atoms with Crippen LogP contribution in [-0.4, -0.2) is 74.7 Å². The molecule has 0 heterocycles. The Bertz CT molecular complexity index is 1430. The van der Waals surface area contributed by atoms with Crippen LogP contribution >= 0.6 is 0 Å². The minimum absolute atomic E-state index is 0.0654. The molecule has 0 saturated heterocycles. The third-order valence-electron chi connectivity index (χ3n) is 10.1. The van der Waals surface area contributed by atoms with Gasteiger partial charge >= 0.3 is 12.1 Å². The lowest BCUT2D eigenvalue weighted by Crippen LogP contribution is -2.58. The van der Waals surface area contributed by atoms with E-state index in [1.165, 1.54) is 59.3 Å². The van der Waals surface area contributed by atoms with E-state index < -0.39 is 55.7 Å². The van der Waals surface area contributed by atoms with Gasteiger partial charge < -0.3 is 25.0 Å². The van der Waals surface area contributed by atoms with Gasteiger partial charge in [0.2, 0.25) is 11.8 Å². The number of unbranched alkanes of at least 4 members (excludes halogenated alkanes) is 1. The van der Waals surface area contributed by atoms with Crippen LogP contribution < -0.4 is 15.8 Å². The molecule has 52 heavy (non-hydrogen) atoms. The van der Waals surface area contributed by atoms with Crippen LogP contribution in [0.1, 0.15) is 98.3 Å². The van der Waals surface area contributed by atoms with Gasteiger partial charge in [0.1, 0.15) is 23.7 Å². The number of hydrogen-bond acceptors (Lipinski definition) is 6. The average molecular weight is 738 g/mol. The first-order valence-corrected chi connectivity index (χ1v) is 21.8. The highest BCUT2D eigenvalue weighted by molar-refractivity contribution is 6.91. The first-order valence-electron chi connectivity index (χ1n) is 19.2. The number of amides is 3. The Balaban J connectivity index is 2.21. The molecule has 3 amide bonds. The normalized spacial score (nSPS) is 13.7. The molecule has 10 heteroatoms. The van der Waals surface area contributed by atoms with Crippen molar-refractivity contribution in [3.63, 3.8) is 0 Å². The van der Waals surface area contributed by atoms with Gasteiger partial charge in [-0.2, -0.15) is 0 Å². The molecule has 0 bridgehead atoms. The minimum atomic E-state index is -1.71. The van der Waals surface area contributed by atoms with Crippen LogP contribution in [0.5, 0.6) is 0 Å². The fraction of sp³-hybridized carbons (Fsp3) is 0.619. The highest BCUT2D eigenvalue weighted by Crippen LogP contribution is 2.25. The molecule has 0 saturated carbocycles. The van der Waals surface area contributed by atoms with Crippen LogP contribution in [-0.2, 0) is 36.7 Å². The quantitative estimate of drug-likeness (QED) is 0.0887.